The van der Waals surface area contributed by atoms with Crippen LogP contribution < -0.4 is 5.32 Å². The SMILES string of the molecule is CC(C)(C)OC(=O)[C@@H](CCCOS(C)(=O)=O)C[C@H](NC(c1ccccc1)(c1ccccc1)c1ccccc1)C(=O)OC(C)(C)C. The van der Waals surface area contributed by atoms with E-state index in [0.29, 0.717) is 0 Å². The molecule has 1 N–H and O–H groups in total. The van der Waals surface area contributed by atoms with Gasteiger partial charge in [0.25, 0.3) is 10.1 Å². The molecule has 244 valence electrons. The molecular formula is C36H47NO7S. The number of ether oxygens (including phenoxy) is 2. The Balaban J connectivity index is 2.16. The smallest absolute Gasteiger partial charge is 0.323 e. The van der Waals surface area contributed by atoms with E-state index < -0.39 is 50.8 Å². The quantitative estimate of drug-likeness (QED) is 0.0939. The summed E-state index contributed by atoms with van der Waals surface area (Å²) in [6.45, 7) is 10.7. The van der Waals surface area contributed by atoms with Gasteiger partial charge in [-0.1, -0.05) is 91.0 Å². The average Bonchev–Trinajstić information content (AvgIpc) is 2.95. The zero-order chi connectivity index (χ0) is 33.3. The fourth-order valence-electron chi connectivity index (χ4n) is 5.20. The van der Waals surface area contributed by atoms with Crippen molar-refractivity contribution >= 4 is 22.1 Å². The fourth-order valence-corrected chi connectivity index (χ4v) is 5.62. The minimum Gasteiger partial charge on any atom is -0.460 e. The standard InChI is InChI=1S/C36H47NO7S/c1-34(2,3)43-32(38)27(18-17-25-42-45(7,40)41)26-31(33(39)44-35(4,5)6)37-36(28-19-11-8-12-20-28,29-21-13-9-14-22-29)30-23-15-10-16-24-30/h8-16,19-24,27,31,37H,17-18,25-26H2,1-7H3/t27-,31-/m0/s1. The molecule has 0 fully saturated rings. The van der Waals surface area contributed by atoms with E-state index in [0.717, 1.165) is 22.9 Å². The first kappa shape index (κ1) is 35.9. The number of carbonyl (C=O) groups is 2. The second-order valence-electron chi connectivity index (χ2n) is 13.2. The lowest BCUT2D eigenvalue weighted by Crippen LogP contribution is -2.54. The zero-order valence-corrected chi connectivity index (χ0v) is 28.2. The minimum absolute atomic E-state index is 0.0386. The van der Waals surface area contributed by atoms with Gasteiger partial charge in [0.1, 0.15) is 17.2 Å². The summed E-state index contributed by atoms with van der Waals surface area (Å²) < 4.78 is 39.8. The molecule has 0 aliphatic carbocycles. The summed E-state index contributed by atoms with van der Waals surface area (Å²) in [7, 11) is -3.65. The number of benzene rings is 3. The van der Waals surface area contributed by atoms with E-state index in [-0.39, 0.29) is 25.9 Å². The monoisotopic (exact) mass is 637 g/mol. The predicted octanol–water partition coefficient (Wildman–Crippen LogP) is 6.38. The third-order valence-electron chi connectivity index (χ3n) is 6.96. The molecular weight excluding hydrogens is 590 g/mol. The molecule has 0 aliphatic heterocycles. The summed E-state index contributed by atoms with van der Waals surface area (Å²) in [6, 6.07) is 28.6. The van der Waals surface area contributed by atoms with Gasteiger partial charge in [0.15, 0.2) is 0 Å². The molecule has 0 radical (unpaired) electrons. The molecule has 0 bridgehead atoms. The van der Waals surface area contributed by atoms with Crippen molar-refractivity contribution in [1.82, 2.24) is 5.32 Å². The summed E-state index contributed by atoms with van der Waals surface area (Å²) in [5.41, 5.74) is 0.110. The molecule has 0 amide bonds. The van der Waals surface area contributed by atoms with Gasteiger partial charge in [-0.15, -0.1) is 0 Å². The summed E-state index contributed by atoms with van der Waals surface area (Å²) in [4.78, 5) is 27.7. The van der Waals surface area contributed by atoms with Crippen LogP contribution in [0.3, 0.4) is 0 Å². The number of hydrogen-bond donors (Lipinski definition) is 1. The molecule has 0 saturated heterocycles. The number of hydrogen-bond acceptors (Lipinski definition) is 8. The topological polar surface area (TPSA) is 108 Å². The Morgan fingerprint density at radius 2 is 1.09 bits per heavy atom. The first-order valence-electron chi connectivity index (χ1n) is 15.2. The summed E-state index contributed by atoms with van der Waals surface area (Å²) >= 11 is 0. The van der Waals surface area contributed by atoms with Crippen LogP contribution in [0.15, 0.2) is 91.0 Å². The molecule has 0 heterocycles. The Kier molecular flexibility index (Phi) is 12.1. The number of rotatable bonds is 14. The van der Waals surface area contributed by atoms with Gasteiger partial charge < -0.3 is 9.47 Å². The molecule has 0 saturated carbocycles. The van der Waals surface area contributed by atoms with Gasteiger partial charge in [-0.05, 0) is 77.5 Å². The van der Waals surface area contributed by atoms with Gasteiger partial charge >= 0.3 is 11.9 Å². The predicted molar refractivity (Wildman–Crippen MR) is 176 cm³/mol. The second-order valence-corrected chi connectivity index (χ2v) is 14.9. The van der Waals surface area contributed by atoms with Crippen molar-refractivity contribution < 1.29 is 31.7 Å². The van der Waals surface area contributed by atoms with E-state index in [4.69, 9.17) is 13.7 Å². The van der Waals surface area contributed by atoms with Crippen LogP contribution in [0.25, 0.3) is 0 Å². The maximum absolute atomic E-state index is 14.1. The highest BCUT2D eigenvalue weighted by Crippen LogP contribution is 2.38. The van der Waals surface area contributed by atoms with Crippen molar-refractivity contribution in [2.45, 2.75) is 83.6 Å². The summed E-state index contributed by atoms with van der Waals surface area (Å²) in [6.07, 6.45) is 1.52. The molecule has 0 aromatic heterocycles. The molecule has 0 unspecified atom stereocenters. The van der Waals surface area contributed by atoms with Gasteiger partial charge in [-0.3, -0.25) is 19.1 Å². The average molecular weight is 638 g/mol. The normalized spacial score (nSPS) is 13.9. The molecule has 9 heteroatoms. The number of carbonyl (C=O) groups excluding carboxylic acids is 2. The second kappa shape index (κ2) is 15.2. The maximum Gasteiger partial charge on any atom is 0.323 e. The number of esters is 2. The highest BCUT2D eigenvalue weighted by atomic mass is 32.2. The Labute approximate surface area is 268 Å². The Morgan fingerprint density at radius 3 is 1.47 bits per heavy atom. The van der Waals surface area contributed by atoms with Crippen molar-refractivity contribution in [3.8, 4) is 0 Å². The summed E-state index contributed by atoms with van der Waals surface area (Å²) in [5.74, 6) is -1.77. The van der Waals surface area contributed by atoms with Crippen LogP contribution in [-0.4, -0.2) is 50.5 Å². The Hall–Kier alpha value is -3.53. The molecule has 2 atom stereocenters. The van der Waals surface area contributed by atoms with Crippen LogP contribution in [0.5, 0.6) is 0 Å². The van der Waals surface area contributed by atoms with Gasteiger partial charge in [-0.25, -0.2) is 0 Å². The van der Waals surface area contributed by atoms with Crippen molar-refractivity contribution in [1.29, 1.82) is 0 Å². The molecule has 0 spiro atoms. The van der Waals surface area contributed by atoms with Gasteiger partial charge in [-0.2, -0.15) is 8.42 Å². The van der Waals surface area contributed by atoms with Gasteiger partial charge in [0.05, 0.1) is 24.3 Å². The van der Waals surface area contributed by atoms with Crippen LogP contribution in [0.4, 0.5) is 0 Å². The highest BCUT2D eigenvalue weighted by Gasteiger charge is 2.42. The van der Waals surface area contributed by atoms with E-state index >= 15 is 0 Å². The third kappa shape index (κ3) is 11.1. The molecule has 0 aliphatic rings. The largest absolute Gasteiger partial charge is 0.460 e. The van der Waals surface area contributed by atoms with E-state index in [1.54, 1.807) is 41.5 Å². The van der Waals surface area contributed by atoms with Crippen LogP contribution in [0.1, 0.15) is 77.5 Å². The lowest BCUT2D eigenvalue weighted by Gasteiger charge is -2.40. The molecule has 45 heavy (non-hydrogen) atoms. The third-order valence-corrected chi connectivity index (χ3v) is 7.55. The lowest BCUT2D eigenvalue weighted by atomic mass is 9.76. The van der Waals surface area contributed by atoms with E-state index in [9.17, 15) is 18.0 Å². The first-order valence-corrected chi connectivity index (χ1v) is 17.1. The van der Waals surface area contributed by atoms with Crippen molar-refractivity contribution in [2.24, 2.45) is 5.92 Å². The highest BCUT2D eigenvalue weighted by molar-refractivity contribution is 7.85. The summed E-state index contributed by atoms with van der Waals surface area (Å²) in [5, 5.41) is 3.69. The lowest BCUT2D eigenvalue weighted by molar-refractivity contribution is -0.163. The van der Waals surface area contributed by atoms with Crippen LogP contribution in [0, 0.1) is 5.92 Å². The van der Waals surface area contributed by atoms with Crippen LogP contribution >= 0.6 is 0 Å². The van der Waals surface area contributed by atoms with Gasteiger partial charge in [0, 0.05) is 0 Å². The first-order chi connectivity index (χ1) is 21.0. The Bertz CT molecular complexity index is 1380. The minimum atomic E-state index is -3.65. The molecule has 3 rings (SSSR count). The molecule has 8 nitrogen and oxygen atoms in total. The maximum atomic E-state index is 14.1. The van der Waals surface area contributed by atoms with E-state index in [2.05, 4.69) is 5.32 Å². The molecule has 3 aromatic rings. The van der Waals surface area contributed by atoms with Gasteiger partial charge in [0.2, 0.25) is 0 Å². The van der Waals surface area contributed by atoms with Crippen molar-refractivity contribution in [3.63, 3.8) is 0 Å². The van der Waals surface area contributed by atoms with Crippen molar-refractivity contribution in [3.05, 3.63) is 108 Å². The van der Waals surface area contributed by atoms with Crippen molar-refractivity contribution in [2.75, 3.05) is 12.9 Å². The van der Waals surface area contributed by atoms with Crippen LogP contribution in [0.2, 0.25) is 0 Å². The van der Waals surface area contributed by atoms with E-state index in [1.165, 1.54) is 0 Å². The van der Waals surface area contributed by atoms with E-state index in [1.807, 2.05) is 91.0 Å². The zero-order valence-electron chi connectivity index (χ0n) is 27.4. The van der Waals surface area contributed by atoms with Crippen LogP contribution in [-0.2, 0) is 38.9 Å². The fraction of sp³-hybridized carbons (Fsp3) is 0.444. The Morgan fingerprint density at radius 1 is 0.689 bits per heavy atom. The number of nitrogens with one attached hydrogen (secondary N) is 1. The molecule has 3 aromatic carbocycles.